The Morgan fingerprint density at radius 2 is 2.09 bits per heavy atom. The predicted molar refractivity (Wildman–Crippen MR) is 125 cm³/mol. The van der Waals surface area contributed by atoms with E-state index < -0.39 is 0 Å². The molecule has 0 radical (unpaired) electrons. The number of carbonyl (C=O) groups excluding carboxylic acids is 1. The molecule has 0 saturated heterocycles. The van der Waals surface area contributed by atoms with Crippen LogP contribution in [0.1, 0.15) is 12.0 Å². The normalized spacial score (nSPS) is 13.4. The van der Waals surface area contributed by atoms with Crippen molar-refractivity contribution in [1.82, 2.24) is 9.88 Å². The molecule has 32 heavy (non-hydrogen) atoms. The molecular formula is C24H20ClN3O4. The van der Waals surface area contributed by atoms with Crippen LogP contribution in [0.3, 0.4) is 0 Å². The van der Waals surface area contributed by atoms with Crippen molar-refractivity contribution in [2.45, 2.75) is 6.42 Å². The molecule has 1 aliphatic rings. The number of aromatic nitrogens is 1. The van der Waals surface area contributed by atoms with Gasteiger partial charge in [0.15, 0.2) is 0 Å². The Morgan fingerprint density at radius 1 is 1.25 bits per heavy atom. The van der Waals surface area contributed by atoms with Gasteiger partial charge in [0.2, 0.25) is 5.91 Å². The predicted octanol–water partition coefficient (Wildman–Crippen LogP) is 5.89. The van der Waals surface area contributed by atoms with Gasteiger partial charge >= 0.3 is 0 Å². The van der Waals surface area contributed by atoms with Crippen molar-refractivity contribution >= 4 is 39.7 Å². The Hall–Kier alpha value is -3.71. The van der Waals surface area contributed by atoms with E-state index in [-0.39, 0.29) is 16.6 Å². The first-order valence-electron chi connectivity index (χ1n) is 9.92. The van der Waals surface area contributed by atoms with E-state index in [9.17, 15) is 9.70 Å². The molecule has 162 valence electrons. The van der Waals surface area contributed by atoms with E-state index in [0.29, 0.717) is 42.3 Å². The molecule has 2 aromatic carbocycles. The molecule has 0 atom stereocenters. The molecule has 2 heterocycles. The zero-order valence-electron chi connectivity index (χ0n) is 17.4. The van der Waals surface area contributed by atoms with Gasteiger partial charge in [-0.25, -0.2) is 0 Å². The van der Waals surface area contributed by atoms with Crippen LogP contribution >= 0.6 is 11.6 Å². The van der Waals surface area contributed by atoms with Crippen LogP contribution in [-0.2, 0) is 4.79 Å². The minimum Gasteiger partial charge on any atom is -0.496 e. The van der Waals surface area contributed by atoms with Gasteiger partial charge in [-0.3, -0.25) is 9.78 Å². The Kier molecular flexibility index (Phi) is 6.18. The molecule has 8 heteroatoms. The van der Waals surface area contributed by atoms with E-state index in [4.69, 9.17) is 21.1 Å². The molecule has 3 aromatic rings. The lowest BCUT2D eigenvalue weighted by molar-refractivity contribution is -0.125. The highest BCUT2D eigenvalue weighted by Gasteiger charge is 2.20. The van der Waals surface area contributed by atoms with Crippen LogP contribution in [-0.4, -0.2) is 36.0 Å². The zero-order valence-corrected chi connectivity index (χ0v) is 18.1. The Morgan fingerprint density at radius 3 is 2.75 bits per heavy atom. The third kappa shape index (κ3) is 4.20. The van der Waals surface area contributed by atoms with E-state index in [2.05, 4.69) is 16.7 Å². The molecule has 0 saturated carbocycles. The Balaban J connectivity index is 1.73. The van der Waals surface area contributed by atoms with Crippen LogP contribution in [0.4, 0.5) is 5.69 Å². The standard InChI is InChI=1S/C24H20ClN3O4/c1-3-24(29)28-10-7-15(8-11-28)17-13-18-21(14-23(17)31-2)26-9-6-22(18)32-16-4-5-20(27-30)19(25)12-16/h3-7,9,12-14H,1,8,10-11H2,2H3. The molecule has 1 amide bonds. The maximum atomic E-state index is 11.9. The highest BCUT2D eigenvalue weighted by Crippen LogP contribution is 2.38. The number of methoxy groups -OCH3 is 1. The second-order valence-corrected chi connectivity index (χ2v) is 7.56. The molecule has 0 bridgehead atoms. The zero-order chi connectivity index (χ0) is 22.7. The van der Waals surface area contributed by atoms with Gasteiger partial charge < -0.3 is 14.4 Å². The summed E-state index contributed by atoms with van der Waals surface area (Å²) in [6, 6.07) is 10.3. The first-order valence-corrected chi connectivity index (χ1v) is 10.3. The van der Waals surface area contributed by atoms with Crippen molar-refractivity contribution < 1.29 is 14.3 Å². The molecule has 0 N–H and O–H groups in total. The van der Waals surface area contributed by atoms with Crippen molar-refractivity contribution in [3.8, 4) is 17.2 Å². The topological polar surface area (TPSA) is 81.1 Å². The summed E-state index contributed by atoms with van der Waals surface area (Å²) in [6.07, 6.45) is 5.69. The molecular weight excluding hydrogens is 430 g/mol. The highest BCUT2D eigenvalue weighted by atomic mass is 35.5. The summed E-state index contributed by atoms with van der Waals surface area (Å²) in [5.74, 6) is 1.67. The number of pyridine rings is 1. The summed E-state index contributed by atoms with van der Waals surface area (Å²) >= 11 is 6.08. The molecule has 4 rings (SSSR count). The third-order valence-corrected chi connectivity index (χ3v) is 5.61. The van der Waals surface area contributed by atoms with Gasteiger partial charge in [-0.15, -0.1) is 4.91 Å². The molecule has 7 nitrogen and oxygen atoms in total. The number of nitrogens with zero attached hydrogens (tertiary/aromatic N) is 3. The molecule has 0 aliphatic carbocycles. The fourth-order valence-corrected chi connectivity index (χ4v) is 3.86. The SMILES string of the molecule is C=CC(=O)N1CC=C(c2cc3c(Oc4ccc(N=O)c(Cl)c4)ccnc3cc2OC)CC1. The summed E-state index contributed by atoms with van der Waals surface area (Å²) < 4.78 is 11.7. The van der Waals surface area contributed by atoms with Crippen LogP contribution in [0.15, 0.2) is 66.5 Å². The van der Waals surface area contributed by atoms with Crippen LogP contribution in [0, 0.1) is 4.91 Å². The fraction of sp³-hybridized carbons (Fsp3) is 0.167. The van der Waals surface area contributed by atoms with E-state index in [1.807, 2.05) is 18.2 Å². The summed E-state index contributed by atoms with van der Waals surface area (Å²) in [5.41, 5.74) is 2.86. The number of amides is 1. The summed E-state index contributed by atoms with van der Waals surface area (Å²) in [4.78, 5) is 28.8. The van der Waals surface area contributed by atoms with Gasteiger partial charge in [-0.2, -0.15) is 0 Å². The highest BCUT2D eigenvalue weighted by molar-refractivity contribution is 6.33. The Bertz CT molecular complexity index is 1260. The largest absolute Gasteiger partial charge is 0.496 e. The summed E-state index contributed by atoms with van der Waals surface area (Å²) in [5, 5.41) is 3.88. The maximum Gasteiger partial charge on any atom is 0.246 e. The average molecular weight is 450 g/mol. The van der Waals surface area contributed by atoms with Gasteiger partial charge in [-0.05, 0) is 47.5 Å². The van der Waals surface area contributed by atoms with Gasteiger partial charge in [0.05, 0.1) is 17.6 Å². The average Bonchev–Trinajstić information content (AvgIpc) is 2.83. The molecule has 0 fully saturated rings. The van der Waals surface area contributed by atoms with Gasteiger partial charge in [0, 0.05) is 42.4 Å². The monoisotopic (exact) mass is 449 g/mol. The number of rotatable bonds is 6. The number of benzene rings is 2. The van der Waals surface area contributed by atoms with Crippen molar-refractivity contribution in [2.75, 3.05) is 20.2 Å². The van der Waals surface area contributed by atoms with Crippen molar-refractivity contribution in [1.29, 1.82) is 0 Å². The van der Waals surface area contributed by atoms with Gasteiger partial charge in [-0.1, -0.05) is 24.3 Å². The van der Waals surface area contributed by atoms with E-state index in [1.54, 1.807) is 36.4 Å². The molecule has 0 spiro atoms. The van der Waals surface area contributed by atoms with Crippen LogP contribution < -0.4 is 9.47 Å². The number of ether oxygens (including phenoxy) is 2. The second kappa shape index (κ2) is 9.20. The van der Waals surface area contributed by atoms with E-state index in [0.717, 1.165) is 16.5 Å². The maximum absolute atomic E-state index is 11.9. The number of nitroso groups, excluding NO2 is 1. The van der Waals surface area contributed by atoms with E-state index >= 15 is 0 Å². The van der Waals surface area contributed by atoms with E-state index in [1.165, 1.54) is 12.1 Å². The lowest BCUT2D eigenvalue weighted by Gasteiger charge is -2.26. The number of halogens is 1. The first-order chi connectivity index (χ1) is 15.5. The molecule has 1 aliphatic heterocycles. The van der Waals surface area contributed by atoms with Crippen LogP contribution in [0.25, 0.3) is 16.5 Å². The number of hydrogen-bond donors (Lipinski definition) is 0. The summed E-state index contributed by atoms with van der Waals surface area (Å²) in [6.45, 7) is 4.66. The quantitative estimate of drug-likeness (QED) is 0.346. The fourth-order valence-electron chi connectivity index (χ4n) is 3.65. The number of fused-ring (bicyclic) bond motifs is 1. The van der Waals surface area contributed by atoms with Gasteiger partial charge in [0.25, 0.3) is 0 Å². The Labute approximate surface area is 189 Å². The lowest BCUT2D eigenvalue weighted by Crippen LogP contribution is -2.33. The number of hydrogen-bond acceptors (Lipinski definition) is 6. The number of carbonyl (C=O) groups is 1. The smallest absolute Gasteiger partial charge is 0.246 e. The second-order valence-electron chi connectivity index (χ2n) is 7.15. The van der Waals surface area contributed by atoms with Crippen molar-refractivity contribution in [3.63, 3.8) is 0 Å². The lowest BCUT2D eigenvalue weighted by atomic mass is 9.96. The molecule has 1 aromatic heterocycles. The minimum absolute atomic E-state index is 0.0832. The van der Waals surface area contributed by atoms with Gasteiger partial charge in [0.1, 0.15) is 22.9 Å². The third-order valence-electron chi connectivity index (χ3n) is 5.31. The van der Waals surface area contributed by atoms with Crippen LogP contribution in [0.5, 0.6) is 17.2 Å². The minimum atomic E-state index is -0.0832. The van der Waals surface area contributed by atoms with Crippen molar-refractivity contribution in [2.24, 2.45) is 5.18 Å². The van der Waals surface area contributed by atoms with Crippen LogP contribution in [0.2, 0.25) is 5.02 Å². The first kappa shape index (κ1) is 21.5. The van der Waals surface area contributed by atoms with Crippen molar-refractivity contribution in [3.05, 3.63) is 76.8 Å². The summed E-state index contributed by atoms with van der Waals surface area (Å²) in [7, 11) is 1.62. The molecule has 0 unspecified atom stereocenters.